The first-order valence-corrected chi connectivity index (χ1v) is 12.6. The van der Waals surface area contributed by atoms with E-state index in [9.17, 15) is 22.8 Å². The highest BCUT2D eigenvalue weighted by Crippen LogP contribution is 2.35. The molecule has 0 spiro atoms. The van der Waals surface area contributed by atoms with Crippen LogP contribution in [0.4, 0.5) is 18.0 Å². The van der Waals surface area contributed by atoms with Gasteiger partial charge in [0.05, 0.1) is 41.9 Å². The molecule has 0 N–H and O–H groups in total. The van der Waals surface area contributed by atoms with Gasteiger partial charge in [0.2, 0.25) is 0 Å². The van der Waals surface area contributed by atoms with Crippen LogP contribution in [0.3, 0.4) is 0 Å². The fraction of sp³-hybridized carbons (Fsp3) is 0.296. The van der Waals surface area contributed by atoms with Crippen LogP contribution in [0.25, 0.3) is 17.0 Å². The molecule has 2 aliphatic heterocycles. The van der Waals surface area contributed by atoms with E-state index in [-0.39, 0.29) is 28.8 Å². The van der Waals surface area contributed by atoms with Crippen LogP contribution < -0.4 is 4.74 Å². The summed E-state index contributed by atoms with van der Waals surface area (Å²) in [6.07, 6.45) is 0.551. The highest BCUT2D eigenvalue weighted by Gasteiger charge is 2.35. The summed E-state index contributed by atoms with van der Waals surface area (Å²) in [5.74, 6) is 2.67. The van der Waals surface area contributed by atoms with Gasteiger partial charge in [0.15, 0.2) is 0 Å². The average molecular weight is 541 g/mol. The summed E-state index contributed by atoms with van der Waals surface area (Å²) in [6, 6.07) is 11.8. The lowest BCUT2D eigenvalue weighted by atomic mass is 10.1. The van der Waals surface area contributed by atoms with Crippen LogP contribution in [0, 0.1) is 12.0 Å². The zero-order valence-electron chi connectivity index (χ0n) is 20.6. The molecule has 2 amide bonds. The van der Waals surface area contributed by atoms with E-state index in [2.05, 4.69) is 22.0 Å². The first-order chi connectivity index (χ1) is 18.1. The first kappa shape index (κ1) is 25.9. The van der Waals surface area contributed by atoms with E-state index >= 15 is 0 Å². The smallest absolute Gasteiger partial charge is 0.416 e. The molecule has 2 aromatic carbocycles. The number of ether oxygens (including phenoxy) is 1. The summed E-state index contributed by atoms with van der Waals surface area (Å²) in [5.41, 5.74) is 0.568. The van der Waals surface area contributed by atoms with Crippen LogP contribution in [0.15, 0.2) is 47.5 Å². The number of alkyl halides is 3. The van der Waals surface area contributed by atoms with E-state index in [1.165, 1.54) is 23.9 Å². The number of carbonyl (C=O) groups is 2. The largest absolute Gasteiger partial charge is 0.497 e. The Morgan fingerprint density at radius 3 is 2.74 bits per heavy atom. The molecule has 196 valence electrons. The molecule has 0 bridgehead atoms. The number of benzene rings is 2. The van der Waals surface area contributed by atoms with Crippen LogP contribution in [-0.2, 0) is 17.5 Å². The van der Waals surface area contributed by atoms with Crippen LogP contribution in [0.5, 0.6) is 5.75 Å². The van der Waals surface area contributed by atoms with Crippen molar-refractivity contribution >= 4 is 39.9 Å². The van der Waals surface area contributed by atoms with Gasteiger partial charge < -0.3 is 4.74 Å². The van der Waals surface area contributed by atoms with Gasteiger partial charge in [-0.2, -0.15) is 23.2 Å². The number of hydrogen-bond donors (Lipinski definition) is 0. The number of fused-ring (bicyclic) bond motifs is 1. The third-order valence-corrected chi connectivity index (χ3v) is 7.43. The summed E-state index contributed by atoms with van der Waals surface area (Å²) in [7, 11) is 3.28. The van der Waals surface area contributed by atoms with Gasteiger partial charge in [-0.3, -0.25) is 19.2 Å². The maximum absolute atomic E-state index is 13.6. The summed E-state index contributed by atoms with van der Waals surface area (Å²) >= 11 is 0.824. The lowest BCUT2D eigenvalue weighted by Crippen LogP contribution is -2.26. The Bertz CT molecular complexity index is 1520. The van der Waals surface area contributed by atoms with Gasteiger partial charge in [-0.25, -0.2) is 0 Å². The Labute approximate surface area is 221 Å². The maximum atomic E-state index is 13.6. The number of methoxy groups -OCH3 is 1. The van der Waals surface area contributed by atoms with E-state index in [0.717, 1.165) is 42.1 Å². The van der Waals surface area contributed by atoms with E-state index in [4.69, 9.17) is 4.74 Å². The summed E-state index contributed by atoms with van der Waals surface area (Å²) in [4.78, 5) is 28.5. The Morgan fingerprint density at radius 2 is 2.03 bits per heavy atom. The number of thioether (sulfide) groups is 1. The van der Waals surface area contributed by atoms with Gasteiger partial charge in [-0.05, 0) is 79.7 Å². The van der Waals surface area contributed by atoms with Crippen molar-refractivity contribution in [3.05, 3.63) is 64.2 Å². The number of carbonyl (C=O) groups excluding carboxylic acids is 2. The Hall–Kier alpha value is -3.75. The molecule has 1 unspecified atom stereocenters. The van der Waals surface area contributed by atoms with E-state index < -0.39 is 22.9 Å². The number of aromatic nitrogens is 2. The molecule has 5 rings (SSSR count). The second kappa shape index (κ2) is 10.2. The number of imide groups is 1. The van der Waals surface area contributed by atoms with Gasteiger partial charge in [-0.1, -0.05) is 18.1 Å². The normalized spacial score (nSPS) is 19.4. The molecule has 0 aliphatic carbocycles. The molecule has 1 aromatic heterocycles. The van der Waals surface area contributed by atoms with Gasteiger partial charge in [-0.15, -0.1) is 0 Å². The molecule has 2 saturated heterocycles. The predicted octanol–water partition coefficient (Wildman–Crippen LogP) is 5.20. The fourth-order valence-electron chi connectivity index (χ4n) is 4.51. The van der Waals surface area contributed by atoms with Gasteiger partial charge >= 0.3 is 11.4 Å². The molecule has 2 aliphatic rings. The summed E-state index contributed by atoms with van der Waals surface area (Å²) in [5, 5.41) is 4.52. The molecule has 2 fully saturated rings. The molecule has 3 heterocycles. The van der Waals surface area contributed by atoms with Gasteiger partial charge in [0.25, 0.3) is 5.91 Å². The minimum Gasteiger partial charge on any atom is -0.497 e. The minimum absolute atomic E-state index is 0.0256. The Balaban J connectivity index is 1.37. The maximum Gasteiger partial charge on any atom is 0.416 e. The van der Waals surface area contributed by atoms with Crippen molar-refractivity contribution in [3.63, 3.8) is 0 Å². The second-order valence-corrected chi connectivity index (χ2v) is 10.0. The summed E-state index contributed by atoms with van der Waals surface area (Å²) in [6.45, 7) is 0.846. The van der Waals surface area contributed by atoms with Gasteiger partial charge in [0.1, 0.15) is 5.75 Å². The van der Waals surface area contributed by atoms with E-state index in [1.807, 2.05) is 7.05 Å². The molecule has 11 heteroatoms. The van der Waals surface area contributed by atoms with Crippen molar-refractivity contribution in [1.29, 1.82) is 0 Å². The van der Waals surface area contributed by atoms with E-state index in [1.54, 1.807) is 30.5 Å². The van der Waals surface area contributed by atoms with Crippen LogP contribution >= 0.6 is 11.8 Å². The van der Waals surface area contributed by atoms with Crippen molar-refractivity contribution in [2.45, 2.75) is 31.6 Å². The molecular formula is C27H23F3N4O3S. The molecule has 7 nitrogen and oxygen atoms in total. The minimum atomic E-state index is -4.54. The van der Waals surface area contributed by atoms with Crippen LogP contribution in [-0.4, -0.2) is 57.5 Å². The molecule has 38 heavy (non-hydrogen) atoms. The number of rotatable bonds is 4. The Morgan fingerprint density at radius 1 is 1.21 bits per heavy atom. The number of nitrogens with zero attached hydrogens (tertiary/aromatic N) is 4. The summed E-state index contributed by atoms with van der Waals surface area (Å²) < 4.78 is 47.3. The zero-order chi connectivity index (χ0) is 27.0. The molecular weight excluding hydrogens is 517 g/mol. The number of hydrogen-bond acceptors (Lipinski definition) is 6. The Kier molecular flexibility index (Phi) is 6.94. The predicted molar refractivity (Wildman–Crippen MR) is 138 cm³/mol. The van der Waals surface area contributed by atoms with Crippen LogP contribution in [0.1, 0.15) is 29.5 Å². The molecule has 0 saturated carbocycles. The topological polar surface area (TPSA) is 67.7 Å². The van der Waals surface area contributed by atoms with Crippen molar-refractivity contribution in [2.75, 3.05) is 20.7 Å². The van der Waals surface area contributed by atoms with E-state index in [0.29, 0.717) is 16.5 Å². The van der Waals surface area contributed by atoms with Gasteiger partial charge in [0, 0.05) is 11.4 Å². The molecule has 0 radical (unpaired) electrons. The first-order valence-electron chi connectivity index (χ1n) is 11.8. The second-order valence-electron chi connectivity index (χ2n) is 9.05. The quantitative estimate of drug-likeness (QED) is 0.335. The standard InChI is InChI=1S/C27H23F3N4O3S/c1-32-10-3-4-20(32)9-11-33-25(35)24(38-26(33)36)13-17-5-8-23-19(12-17)15-31-34(23)16-18-6-7-21(37-2)14-22(18)27(28,29)30/h5-8,12-15,20H,3-4,10,16H2,1-2H3. The van der Waals surface area contributed by atoms with Crippen molar-refractivity contribution in [3.8, 4) is 17.7 Å². The number of amides is 2. The SMILES string of the molecule is COc1ccc(Cn2ncc3cc(C=C4SC(=O)N(C#CC5CCCN5C)C4=O)ccc32)c(C(F)(F)F)c1. The monoisotopic (exact) mass is 540 g/mol. The third kappa shape index (κ3) is 5.14. The third-order valence-electron chi connectivity index (χ3n) is 6.56. The van der Waals surface area contributed by atoms with Crippen LogP contribution in [0.2, 0.25) is 0 Å². The lowest BCUT2D eigenvalue weighted by molar-refractivity contribution is -0.138. The van der Waals surface area contributed by atoms with Crippen molar-refractivity contribution in [2.24, 2.45) is 0 Å². The fourth-order valence-corrected chi connectivity index (χ4v) is 5.30. The number of halogens is 3. The highest BCUT2D eigenvalue weighted by molar-refractivity contribution is 8.18. The van der Waals surface area contributed by atoms with Crippen molar-refractivity contribution in [1.82, 2.24) is 19.6 Å². The average Bonchev–Trinajstić information content (AvgIpc) is 3.55. The van der Waals surface area contributed by atoms with Crippen molar-refractivity contribution < 1.29 is 27.5 Å². The lowest BCUT2D eigenvalue weighted by Gasteiger charge is -2.14. The zero-order valence-corrected chi connectivity index (χ0v) is 21.4. The molecule has 1 atom stereocenters. The number of likely N-dealkylation sites (tertiary alicyclic amines) is 1. The highest BCUT2D eigenvalue weighted by atomic mass is 32.2. The molecule has 3 aromatic rings.